The molecule has 0 aliphatic heterocycles. The Bertz CT molecular complexity index is 901. The van der Waals surface area contributed by atoms with Gasteiger partial charge in [-0.2, -0.15) is 5.26 Å². The van der Waals surface area contributed by atoms with Crippen molar-refractivity contribution in [3.8, 4) is 6.07 Å². The molecule has 0 unspecified atom stereocenters. The molecule has 0 fully saturated rings. The van der Waals surface area contributed by atoms with Crippen molar-refractivity contribution in [1.82, 2.24) is 4.98 Å². The van der Waals surface area contributed by atoms with Crippen molar-refractivity contribution in [2.75, 3.05) is 16.0 Å². The molecule has 0 aliphatic carbocycles. The van der Waals surface area contributed by atoms with Gasteiger partial charge in [-0.3, -0.25) is 5.32 Å². The zero-order valence-electron chi connectivity index (χ0n) is 13.2. The van der Waals surface area contributed by atoms with Crippen molar-refractivity contribution in [2.24, 2.45) is 0 Å². The highest BCUT2D eigenvalue weighted by atomic mass is 16.2. The van der Waals surface area contributed by atoms with Gasteiger partial charge in [0.25, 0.3) is 0 Å². The second kappa shape index (κ2) is 7.62. The second-order valence-electron chi connectivity index (χ2n) is 5.16. The van der Waals surface area contributed by atoms with E-state index in [4.69, 9.17) is 5.26 Å². The van der Waals surface area contributed by atoms with E-state index in [1.807, 2.05) is 30.3 Å². The van der Waals surface area contributed by atoms with Gasteiger partial charge < -0.3 is 10.6 Å². The van der Waals surface area contributed by atoms with Gasteiger partial charge in [0.2, 0.25) is 0 Å². The predicted molar refractivity (Wildman–Crippen MR) is 97.8 cm³/mol. The van der Waals surface area contributed by atoms with Crippen molar-refractivity contribution < 1.29 is 4.79 Å². The maximum absolute atomic E-state index is 11.9. The SMILES string of the molecule is N#Cc1ccccc1Nc1ccc(NC(=O)Nc2ccccc2)nc1. The van der Waals surface area contributed by atoms with Crippen molar-refractivity contribution >= 4 is 28.9 Å². The molecule has 0 atom stereocenters. The third-order valence-corrected chi connectivity index (χ3v) is 3.36. The van der Waals surface area contributed by atoms with Crippen molar-refractivity contribution in [3.05, 3.63) is 78.5 Å². The lowest BCUT2D eigenvalue weighted by Crippen LogP contribution is -2.19. The van der Waals surface area contributed by atoms with Crippen LogP contribution in [0.25, 0.3) is 0 Å². The van der Waals surface area contributed by atoms with Crippen LogP contribution in [0, 0.1) is 11.3 Å². The summed E-state index contributed by atoms with van der Waals surface area (Å²) in [5.74, 6) is 0.424. The summed E-state index contributed by atoms with van der Waals surface area (Å²) in [6, 6.07) is 21.6. The Morgan fingerprint density at radius 2 is 1.64 bits per heavy atom. The average Bonchev–Trinajstić information content (AvgIpc) is 2.64. The summed E-state index contributed by atoms with van der Waals surface area (Å²) >= 11 is 0. The Morgan fingerprint density at radius 1 is 0.880 bits per heavy atom. The number of rotatable bonds is 4. The minimum Gasteiger partial charge on any atom is -0.353 e. The number of hydrogen-bond acceptors (Lipinski definition) is 4. The molecule has 3 aromatic rings. The normalized spacial score (nSPS) is 9.72. The zero-order valence-corrected chi connectivity index (χ0v) is 13.2. The topological polar surface area (TPSA) is 89.8 Å². The van der Waals surface area contributed by atoms with Crippen molar-refractivity contribution in [3.63, 3.8) is 0 Å². The van der Waals surface area contributed by atoms with Crippen LogP contribution in [0.2, 0.25) is 0 Å². The van der Waals surface area contributed by atoms with Gasteiger partial charge >= 0.3 is 6.03 Å². The summed E-state index contributed by atoms with van der Waals surface area (Å²) in [6.07, 6.45) is 1.59. The Hall–Kier alpha value is -3.85. The molecule has 25 heavy (non-hydrogen) atoms. The lowest BCUT2D eigenvalue weighted by atomic mass is 10.2. The molecule has 0 radical (unpaired) electrons. The molecule has 0 saturated heterocycles. The van der Waals surface area contributed by atoms with Gasteiger partial charge in [0.1, 0.15) is 11.9 Å². The van der Waals surface area contributed by atoms with E-state index < -0.39 is 0 Å². The van der Waals surface area contributed by atoms with E-state index in [2.05, 4.69) is 27.0 Å². The van der Waals surface area contributed by atoms with Gasteiger partial charge in [-0.15, -0.1) is 0 Å². The minimum atomic E-state index is -0.366. The number of urea groups is 1. The van der Waals surface area contributed by atoms with Crippen LogP contribution < -0.4 is 16.0 Å². The summed E-state index contributed by atoms with van der Waals surface area (Å²) in [4.78, 5) is 16.1. The fourth-order valence-corrected chi connectivity index (χ4v) is 2.19. The van der Waals surface area contributed by atoms with E-state index in [1.54, 1.807) is 42.6 Å². The highest BCUT2D eigenvalue weighted by molar-refractivity contribution is 5.99. The molecule has 3 N–H and O–H groups in total. The molecule has 0 spiro atoms. The molecule has 1 aromatic heterocycles. The van der Waals surface area contributed by atoms with Gasteiger partial charge in [0.15, 0.2) is 0 Å². The van der Waals surface area contributed by atoms with E-state index in [1.165, 1.54) is 0 Å². The van der Waals surface area contributed by atoms with E-state index in [0.717, 1.165) is 5.69 Å². The number of nitrogens with one attached hydrogen (secondary N) is 3. The largest absolute Gasteiger partial charge is 0.353 e. The fraction of sp³-hybridized carbons (Fsp3) is 0. The van der Waals surface area contributed by atoms with E-state index >= 15 is 0 Å². The summed E-state index contributed by atoms with van der Waals surface area (Å²) in [7, 11) is 0. The Balaban J connectivity index is 1.62. The van der Waals surface area contributed by atoms with Gasteiger partial charge in [0, 0.05) is 5.69 Å². The van der Waals surface area contributed by atoms with E-state index in [-0.39, 0.29) is 6.03 Å². The summed E-state index contributed by atoms with van der Waals surface area (Å²) in [5.41, 5.74) is 2.67. The molecular weight excluding hydrogens is 314 g/mol. The maximum atomic E-state index is 11.9. The molecule has 6 nitrogen and oxygen atoms in total. The van der Waals surface area contributed by atoms with Crippen LogP contribution >= 0.6 is 0 Å². The first-order valence-electron chi connectivity index (χ1n) is 7.60. The van der Waals surface area contributed by atoms with Gasteiger partial charge in [0.05, 0.1) is 23.1 Å². The van der Waals surface area contributed by atoms with Gasteiger partial charge in [-0.25, -0.2) is 9.78 Å². The number of hydrogen-bond donors (Lipinski definition) is 3. The van der Waals surface area contributed by atoms with Crippen LogP contribution in [0.5, 0.6) is 0 Å². The number of nitrogens with zero attached hydrogens (tertiary/aromatic N) is 2. The fourth-order valence-electron chi connectivity index (χ4n) is 2.19. The number of pyridine rings is 1. The van der Waals surface area contributed by atoms with Crippen LogP contribution in [0.4, 0.5) is 27.7 Å². The number of carbonyl (C=O) groups excluding carboxylic acids is 1. The average molecular weight is 329 g/mol. The number of nitriles is 1. The molecule has 3 rings (SSSR count). The summed E-state index contributed by atoms with van der Waals surface area (Å²) in [5, 5.41) is 17.6. The quantitative estimate of drug-likeness (QED) is 0.664. The molecule has 0 saturated carbocycles. The summed E-state index contributed by atoms with van der Waals surface area (Å²) < 4.78 is 0. The number of amides is 2. The van der Waals surface area contributed by atoms with Crippen LogP contribution in [-0.2, 0) is 0 Å². The summed E-state index contributed by atoms with van der Waals surface area (Å²) in [6.45, 7) is 0. The zero-order chi connectivity index (χ0) is 17.5. The first kappa shape index (κ1) is 16.0. The third-order valence-electron chi connectivity index (χ3n) is 3.36. The molecule has 0 bridgehead atoms. The monoisotopic (exact) mass is 329 g/mol. The molecule has 0 aliphatic rings. The molecular formula is C19H15N5O. The third kappa shape index (κ3) is 4.33. The lowest BCUT2D eigenvalue weighted by molar-refractivity contribution is 0.262. The first-order valence-corrected chi connectivity index (χ1v) is 7.60. The number of benzene rings is 2. The molecule has 6 heteroatoms. The highest BCUT2D eigenvalue weighted by Crippen LogP contribution is 2.20. The number of carbonyl (C=O) groups is 1. The Morgan fingerprint density at radius 3 is 2.36 bits per heavy atom. The lowest BCUT2D eigenvalue weighted by Gasteiger charge is -2.09. The van der Waals surface area contributed by atoms with Gasteiger partial charge in [-0.1, -0.05) is 30.3 Å². The first-order chi connectivity index (χ1) is 12.2. The van der Waals surface area contributed by atoms with Crippen molar-refractivity contribution in [2.45, 2.75) is 0 Å². The Labute approximate surface area is 145 Å². The minimum absolute atomic E-state index is 0.366. The van der Waals surface area contributed by atoms with E-state index in [9.17, 15) is 4.79 Å². The molecule has 2 aromatic carbocycles. The van der Waals surface area contributed by atoms with Crippen LogP contribution in [-0.4, -0.2) is 11.0 Å². The van der Waals surface area contributed by atoms with Crippen LogP contribution in [0.15, 0.2) is 72.9 Å². The number of para-hydroxylation sites is 2. The Kier molecular flexibility index (Phi) is 4.88. The molecule has 1 heterocycles. The van der Waals surface area contributed by atoms with Crippen LogP contribution in [0.3, 0.4) is 0 Å². The molecule has 122 valence electrons. The van der Waals surface area contributed by atoms with Crippen molar-refractivity contribution in [1.29, 1.82) is 5.26 Å². The number of anilines is 4. The maximum Gasteiger partial charge on any atom is 0.324 e. The van der Waals surface area contributed by atoms with Gasteiger partial charge in [-0.05, 0) is 36.4 Å². The smallest absolute Gasteiger partial charge is 0.324 e. The highest BCUT2D eigenvalue weighted by Gasteiger charge is 2.05. The standard InChI is InChI=1S/C19H15N5O/c20-12-14-6-4-5-9-17(14)22-16-10-11-18(21-13-16)24-19(25)23-15-7-2-1-3-8-15/h1-11,13,22H,(H2,21,23,24,25). The number of aromatic nitrogens is 1. The molecule has 2 amide bonds. The van der Waals surface area contributed by atoms with Crippen LogP contribution in [0.1, 0.15) is 5.56 Å². The van der Waals surface area contributed by atoms with E-state index in [0.29, 0.717) is 22.8 Å². The second-order valence-corrected chi connectivity index (χ2v) is 5.16. The predicted octanol–water partition coefficient (Wildman–Crippen LogP) is 4.34.